The molecular formula is C12H17N3O3. The molecule has 0 spiro atoms. The van der Waals surface area contributed by atoms with Crippen molar-refractivity contribution in [3.63, 3.8) is 0 Å². The highest BCUT2D eigenvalue weighted by Gasteiger charge is 2.38. The molecular weight excluding hydrogens is 234 g/mol. The molecule has 0 aromatic carbocycles. The summed E-state index contributed by atoms with van der Waals surface area (Å²) in [4.78, 5) is 23.2. The van der Waals surface area contributed by atoms with Crippen LogP contribution < -0.4 is 5.32 Å². The van der Waals surface area contributed by atoms with Gasteiger partial charge in [0, 0.05) is 0 Å². The molecule has 0 bridgehead atoms. The Morgan fingerprint density at radius 2 is 2.00 bits per heavy atom. The van der Waals surface area contributed by atoms with Gasteiger partial charge in [-0.3, -0.25) is 14.7 Å². The van der Waals surface area contributed by atoms with Crippen LogP contribution in [0.1, 0.15) is 30.7 Å². The number of carboxylic acid groups (broad SMARTS) is 1. The molecule has 1 fully saturated rings. The number of nitrogens with zero attached hydrogens (tertiary/aromatic N) is 1. The van der Waals surface area contributed by atoms with E-state index in [1.807, 2.05) is 6.92 Å². The predicted molar refractivity (Wildman–Crippen MR) is 65.2 cm³/mol. The van der Waals surface area contributed by atoms with Gasteiger partial charge in [-0.25, -0.2) is 0 Å². The number of H-pyrrole nitrogens is 1. The summed E-state index contributed by atoms with van der Waals surface area (Å²) in [6, 6.07) is 0. The van der Waals surface area contributed by atoms with Gasteiger partial charge >= 0.3 is 5.97 Å². The van der Waals surface area contributed by atoms with Crippen LogP contribution >= 0.6 is 0 Å². The summed E-state index contributed by atoms with van der Waals surface area (Å²) in [5.74, 6) is -2.09. The molecule has 1 aliphatic rings. The van der Waals surface area contributed by atoms with Gasteiger partial charge in [0.15, 0.2) is 0 Å². The highest BCUT2D eigenvalue weighted by atomic mass is 16.4. The first kappa shape index (κ1) is 12.6. The molecule has 0 aliphatic heterocycles. The number of aliphatic carboxylic acids is 1. The predicted octanol–water partition coefficient (Wildman–Crippen LogP) is 1.47. The minimum absolute atomic E-state index is 0.215. The molecule has 1 aliphatic carbocycles. The molecule has 1 aromatic heterocycles. The van der Waals surface area contributed by atoms with Gasteiger partial charge in [0.05, 0.1) is 28.9 Å². The van der Waals surface area contributed by atoms with Crippen molar-refractivity contribution in [2.75, 3.05) is 5.32 Å². The number of carbonyl (C=O) groups excluding carboxylic acids is 1. The summed E-state index contributed by atoms with van der Waals surface area (Å²) in [6.45, 7) is 3.61. The maximum Gasteiger partial charge on any atom is 0.307 e. The number of hydrogen-bond donors (Lipinski definition) is 3. The third-order valence-corrected chi connectivity index (χ3v) is 3.55. The summed E-state index contributed by atoms with van der Waals surface area (Å²) < 4.78 is 0. The minimum atomic E-state index is -0.881. The van der Waals surface area contributed by atoms with Crippen molar-refractivity contribution in [2.45, 2.75) is 33.1 Å². The quantitative estimate of drug-likeness (QED) is 0.758. The lowest BCUT2D eigenvalue weighted by Crippen LogP contribution is -2.30. The van der Waals surface area contributed by atoms with Gasteiger partial charge in [0.1, 0.15) is 0 Å². The van der Waals surface area contributed by atoms with Gasteiger partial charge in [-0.2, -0.15) is 5.10 Å². The van der Waals surface area contributed by atoms with Crippen LogP contribution in [0.5, 0.6) is 0 Å². The van der Waals surface area contributed by atoms with Crippen LogP contribution in [0.4, 0.5) is 5.69 Å². The van der Waals surface area contributed by atoms with Crippen molar-refractivity contribution in [1.82, 2.24) is 10.2 Å². The van der Waals surface area contributed by atoms with Gasteiger partial charge in [0.25, 0.3) is 0 Å². The second-order valence-corrected chi connectivity index (χ2v) is 4.78. The molecule has 6 heteroatoms. The molecule has 2 atom stereocenters. The van der Waals surface area contributed by atoms with Crippen LogP contribution in [-0.2, 0) is 9.59 Å². The van der Waals surface area contributed by atoms with Gasteiger partial charge in [-0.15, -0.1) is 0 Å². The van der Waals surface area contributed by atoms with Crippen molar-refractivity contribution in [2.24, 2.45) is 11.8 Å². The average Bonchev–Trinajstić information content (AvgIpc) is 2.90. The van der Waals surface area contributed by atoms with Crippen LogP contribution in [0.15, 0.2) is 0 Å². The first-order chi connectivity index (χ1) is 8.50. The SMILES string of the molecule is Cc1n[nH]c(C)c1NC(=O)[C@@H]1CCC[C@@H]1C(=O)O. The van der Waals surface area contributed by atoms with E-state index in [9.17, 15) is 9.59 Å². The van der Waals surface area contributed by atoms with Crippen LogP contribution in [0, 0.1) is 25.7 Å². The summed E-state index contributed by atoms with van der Waals surface area (Å²) in [6.07, 6.45) is 2.01. The molecule has 0 unspecified atom stereocenters. The summed E-state index contributed by atoms with van der Waals surface area (Å²) in [5, 5.41) is 18.6. The number of anilines is 1. The Hall–Kier alpha value is -1.85. The smallest absolute Gasteiger partial charge is 0.307 e. The zero-order valence-corrected chi connectivity index (χ0v) is 10.5. The lowest BCUT2D eigenvalue weighted by molar-refractivity contribution is -0.145. The number of nitrogens with one attached hydrogen (secondary N) is 2. The average molecular weight is 251 g/mol. The third-order valence-electron chi connectivity index (χ3n) is 3.55. The zero-order valence-electron chi connectivity index (χ0n) is 10.5. The molecule has 1 aromatic rings. The zero-order chi connectivity index (χ0) is 13.3. The topological polar surface area (TPSA) is 95.1 Å². The highest BCUT2D eigenvalue weighted by Crippen LogP contribution is 2.33. The van der Waals surface area contributed by atoms with E-state index in [1.54, 1.807) is 6.92 Å². The second-order valence-electron chi connectivity index (χ2n) is 4.78. The number of aromatic amines is 1. The Kier molecular flexibility index (Phi) is 3.36. The molecule has 1 saturated carbocycles. The number of aromatic nitrogens is 2. The monoisotopic (exact) mass is 251 g/mol. The van der Waals surface area contributed by atoms with Gasteiger partial charge in [-0.1, -0.05) is 6.42 Å². The van der Waals surface area contributed by atoms with E-state index in [-0.39, 0.29) is 5.91 Å². The number of amides is 1. The molecule has 0 saturated heterocycles. The van der Waals surface area contributed by atoms with Crippen molar-refractivity contribution in [3.05, 3.63) is 11.4 Å². The van der Waals surface area contributed by atoms with E-state index in [4.69, 9.17) is 5.11 Å². The van der Waals surface area contributed by atoms with Gasteiger partial charge in [0.2, 0.25) is 5.91 Å². The lowest BCUT2D eigenvalue weighted by Gasteiger charge is -2.15. The van der Waals surface area contributed by atoms with Crippen LogP contribution in [-0.4, -0.2) is 27.2 Å². The summed E-state index contributed by atoms with van der Waals surface area (Å²) in [5.41, 5.74) is 2.16. The number of rotatable bonds is 3. The number of carbonyl (C=O) groups is 2. The van der Waals surface area contributed by atoms with Crippen molar-refractivity contribution in [1.29, 1.82) is 0 Å². The first-order valence-electron chi connectivity index (χ1n) is 6.06. The fourth-order valence-corrected chi connectivity index (χ4v) is 2.52. The van der Waals surface area contributed by atoms with E-state index in [0.717, 1.165) is 12.1 Å². The Balaban J connectivity index is 2.11. The molecule has 1 heterocycles. The lowest BCUT2D eigenvalue weighted by atomic mass is 9.95. The number of carboxylic acids is 1. The minimum Gasteiger partial charge on any atom is -0.481 e. The normalized spacial score (nSPS) is 23.0. The molecule has 98 valence electrons. The van der Waals surface area contributed by atoms with E-state index < -0.39 is 17.8 Å². The summed E-state index contributed by atoms with van der Waals surface area (Å²) in [7, 11) is 0. The fourth-order valence-electron chi connectivity index (χ4n) is 2.52. The van der Waals surface area contributed by atoms with Gasteiger partial charge < -0.3 is 10.4 Å². The summed E-state index contributed by atoms with van der Waals surface area (Å²) >= 11 is 0. The first-order valence-corrected chi connectivity index (χ1v) is 6.06. The number of aryl methyl sites for hydroxylation is 2. The molecule has 6 nitrogen and oxygen atoms in total. The van der Waals surface area contributed by atoms with E-state index in [2.05, 4.69) is 15.5 Å². The molecule has 0 radical (unpaired) electrons. The highest BCUT2D eigenvalue weighted by molar-refractivity contribution is 5.96. The number of hydrogen-bond acceptors (Lipinski definition) is 3. The van der Waals surface area contributed by atoms with Crippen molar-refractivity contribution >= 4 is 17.6 Å². The Bertz CT molecular complexity index is 461. The van der Waals surface area contributed by atoms with E-state index in [0.29, 0.717) is 24.2 Å². The van der Waals surface area contributed by atoms with Gasteiger partial charge in [-0.05, 0) is 26.7 Å². The Morgan fingerprint density at radius 1 is 1.33 bits per heavy atom. The van der Waals surface area contributed by atoms with E-state index >= 15 is 0 Å². The Labute approximate surface area is 105 Å². The molecule has 3 N–H and O–H groups in total. The maximum absolute atomic E-state index is 12.1. The standard InChI is InChI=1S/C12H17N3O3/c1-6-10(7(2)15-14-6)13-11(16)8-4-3-5-9(8)12(17)18/h8-9H,3-5H2,1-2H3,(H,13,16)(H,14,15)(H,17,18)/t8-,9+/m1/s1. The van der Waals surface area contributed by atoms with Crippen LogP contribution in [0.2, 0.25) is 0 Å². The molecule has 18 heavy (non-hydrogen) atoms. The fraction of sp³-hybridized carbons (Fsp3) is 0.583. The second kappa shape index (κ2) is 4.80. The Morgan fingerprint density at radius 3 is 2.56 bits per heavy atom. The van der Waals surface area contributed by atoms with Crippen LogP contribution in [0.25, 0.3) is 0 Å². The van der Waals surface area contributed by atoms with Crippen molar-refractivity contribution < 1.29 is 14.7 Å². The largest absolute Gasteiger partial charge is 0.481 e. The van der Waals surface area contributed by atoms with E-state index in [1.165, 1.54) is 0 Å². The molecule has 2 rings (SSSR count). The third kappa shape index (κ3) is 2.23. The maximum atomic E-state index is 12.1. The van der Waals surface area contributed by atoms with Crippen molar-refractivity contribution in [3.8, 4) is 0 Å². The van der Waals surface area contributed by atoms with Crippen LogP contribution in [0.3, 0.4) is 0 Å². The molecule has 1 amide bonds.